The van der Waals surface area contributed by atoms with Gasteiger partial charge in [-0.2, -0.15) is 5.10 Å². The van der Waals surface area contributed by atoms with Crippen molar-refractivity contribution < 1.29 is 9.53 Å². The van der Waals surface area contributed by atoms with Gasteiger partial charge in [0.05, 0.1) is 19.4 Å². The number of amides is 1. The second-order valence-corrected chi connectivity index (χ2v) is 5.09. The van der Waals surface area contributed by atoms with E-state index in [9.17, 15) is 4.79 Å². The first-order valence-electron chi connectivity index (χ1n) is 7.21. The van der Waals surface area contributed by atoms with Crippen molar-refractivity contribution in [3.63, 3.8) is 0 Å². The van der Waals surface area contributed by atoms with Gasteiger partial charge in [0.1, 0.15) is 5.75 Å². The van der Waals surface area contributed by atoms with Gasteiger partial charge in [0.25, 0.3) is 5.91 Å². The Balaban J connectivity index is 1.75. The van der Waals surface area contributed by atoms with Crippen LogP contribution in [-0.2, 0) is 4.79 Å². The first-order chi connectivity index (χ1) is 11.2. The lowest BCUT2D eigenvalue weighted by atomic mass is 10.2. The third-order valence-corrected chi connectivity index (χ3v) is 3.14. The number of ether oxygens (including phenoxy) is 1. The summed E-state index contributed by atoms with van der Waals surface area (Å²) in [4.78, 5) is 11.7. The Bertz CT molecular complexity index is 655. The highest BCUT2D eigenvalue weighted by atomic mass is 35.5. The maximum atomic E-state index is 11.7. The quantitative estimate of drug-likeness (QED) is 0.604. The Morgan fingerprint density at radius 3 is 2.52 bits per heavy atom. The van der Waals surface area contributed by atoms with Gasteiger partial charge in [-0.1, -0.05) is 11.6 Å². The fourth-order valence-corrected chi connectivity index (χ4v) is 1.91. The van der Waals surface area contributed by atoms with Crippen LogP contribution in [0.5, 0.6) is 5.75 Å². The summed E-state index contributed by atoms with van der Waals surface area (Å²) in [6.45, 7) is 2.69. The molecule has 0 saturated heterocycles. The zero-order valence-corrected chi connectivity index (χ0v) is 13.5. The second kappa shape index (κ2) is 8.80. The summed E-state index contributed by atoms with van der Waals surface area (Å²) in [6.07, 6.45) is 1.58. The van der Waals surface area contributed by atoms with E-state index in [2.05, 4.69) is 15.8 Å². The lowest BCUT2D eigenvalue weighted by molar-refractivity contribution is -0.119. The molecule has 2 N–H and O–H groups in total. The number of carbonyl (C=O) groups excluding carboxylic acids is 1. The maximum absolute atomic E-state index is 11.7. The summed E-state index contributed by atoms with van der Waals surface area (Å²) < 4.78 is 5.35. The number of benzene rings is 2. The highest BCUT2D eigenvalue weighted by molar-refractivity contribution is 6.30. The van der Waals surface area contributed by atoms with Crippen LogP contribution >= 0.6 is 11.6 Å². The summed E-state index contributed by atoms with van der Waals surface area (Å²) in [7, 11) is 0. The third-order valence-electron chi connectivity index (χ3n) is 2.89. The molecule has 0 atom stereocenters. The molecule has 6 heteroatoms. The molecule has 23 heavy (non-hydrogen) atoms. The topological polar surface area (TPSA) is 62.7 Å². The van der Waals surface area contributed by atoms with E-state index in [1.165, 1.54) is 0 Å². The first kappa shape index (κ1) is 16.8. The molecule has 5 nitrogen and oxygen atoms in total. The minimum absolute atomic E-state index is 0.127. The normalized spacial score (nSPS) is 10.5. The van der Waals surface area contributed by atoms with Crippen LogP contribution in [0.25, 0.3) is 0 Å². The lowest BCUT2D eigenvalue weighted by Gasteiger charge is -2.05. The number of anilines is 1. The maximum Gasteiger partial charge on any atom is 0.259 e. The zero-order chi connectivity index (χ0) is 16.5. The Morgan fingerprint density at radius 2 is 1.87 bits per heavy atom. The van der Waals surface area contributed by atoms with Gasteiger partial charge in [0.15, 0.2) is 0 Å². The van der Waals surface area contributed by atoms with E-state index in [1.54, 1.807) is 30.5 Å². The van der Waals surface area contributed by atoms with E-state index < -0.39 is 0 Å². The molecule has 0 fully saturated rings. The lowest BCUT2D eigenvalue weighted by Crippen LogP contribution is -2.25. The van der Waals surface area contributed by atoms with Crippen molar-refractivity contribution in [2.24, 2.45) is 5.10 Å². The molecule has 2 rings (SSSR count). The standard InChI is InChI=1S/C17H18ClN3O2/c1-2-23-16-9-3-13(4-10-16)11-20-21-17(22)12-19-15-7-5-14(18)6-8-15/h3-11,19H,2,12H2,1H3,(H,21,22). The van der Waals surface area contributed by atoms with Gasteiger partial charge in [0, 0.05) is 10.7 Å². The smallest absolute Gasteiger partial charge is 0.259 e. The van der Waals surface area contributed by atoms with Crippen LogP contribution in [-0.4, -0.2) is 25.3 Å². The number of hydrogen-bond acceptors (Lipinski definition) is 4. The highest BCUT2D eigenvalue weighted by Crippen LogP contribution is 2.13. The van der Waals surface area contributed by atoms with Gasteiger partial charge in [-0.25, -0.2) is 5.43 Å². The molecule has 2 aromatic carbocycles. The predicted octanol–water partition coefficient (Wildman–Crippen LogP) is 3.30. The molecular formula is C17H18ClN3O2. The molecule has 0 aliphatic heterocycles. The number of carbonyl (C=O) groups is 1. The van der Waals surface area contributed by atoms with Crippen LogP contribution in [0.4, 0.5) is 5.69 Å². The monoisotopic (exact) mass is 331 g/mol. The first-order valence-corrected chi connectivity index (χ1v) is 7.59. The molecule has 0 aliphatic carbocycles. The van der Waals surface area contributed by atoms with Crippen molar-refractivity contribution in [3.05, 3.63) is 59.1 Å². The van der Waals surface area contributed by atoms with Gasteiger partial charge in [-0.05, 0) is 61.0 Å². The third kappa shape index (κ3) is 6.00. The molecule has 120 valence electrons. The Morgan fingerprint density at radius 1 is 1.17 bits per heavy atom. The van der Waals surface area contributed by atoms with Gasteiger partial charge in [0.2, 0.25) is 0 Å². The number of nitrogens with one attached hydrogen (secondary N) is 2. The van der Waals surface area contributed by atoms with Crippen LogP contribution in [0.3, 0.4) is 0 Å². The summed E-state index contributed by atoms with van der Waals surface area (Å²) >= 11 is 5.79. The minimum Gasteiger partial charge on any atom is -0.494 e. The molecule has 2 aromatic rings. The Labute approximate surface area is 140 Å². The van der Waals surface area contributed by atoms with Gasteiger partial charge in [-0.15, -0.1) is 0 Å². The van der Waals surface area contributed by atoms with Crippen LogP contribution < -0.4 is 15.5 Å². The summed E-state index contributed by atoms with van der Waals surface area (Å²) in [5.74, 6) is 0.572. The van der Waals surface area contributed by atoms with Crippen LogP contribution in [0.2, 0.25) is 5.02 Å². The molecule has 0 radical (unpaired) electrons. The molecule has 0 unspecified atom stereocenters. The molecular weight excluding hydrogens is 314 g/mol. The largest absolute Gasteiger partial charge is 0.494 e. The summed E-state index contributed by atoms with van der Waals surface area (Å²) in [5, 5.41) is 7.55. The van der Waals surface area contributed by atoms with Crippen LogP contribution in [0, 0.1) is 0 Å². The summed E-state index contributed by atoms with van der Waals surface area (Å²) in [6, 6.07) is 14.6. The fourth-order valence-electron chi connectivity index (χ4n) is 1.79. The van der Waals surface area contributed by atoms with E-state index in [0.29, 0.717) is 11.6 Å². The summed E-state index contributed by atoms with van der Waals surface area (Å²) in [5.41, 5.74) is 4.16. The van der Waals surface area contributed by atoms with E-state index >= 15 is 0 Å². The van der Waals surface area contributed by atoms with Crippen molar-refractivity contribution in [1.82, 2.24) is 5.43 Å². The number of hydrogen-bond donors (Lipinski definition) is 2. The second-order valence-electron chi connectivity index (χ2n) is 4.66. The average molecular weight is 332 g/mol. The SMILES string of the molecule is CCOc1ccc(C=NNC(=O)CNc2ccc(Cl)cc2)cc1. The van der Waals surface area contributed by atoms with Crippen LogP contribution in [0.1, 0.15) is 12.5 Å². The Hall–Kier alpha value is -2.53. The van der Waals surface area contributed by atoms with Crippen molar-refractivity contribution >= 4 is 29.4 Å². The molecule has 1 amide bonds. The minimum atomic E-state index is -0.234. The molecule has 0 heterocycles. The fraction of sp³-hybridized carbons (Fsp3) is 0.176. The highest BCUT2D eigenvalue weighted by Gasteiger charge is 1.99. The zero-order valence-electron chi connectivity index (χ0n) is 12.8. The van der Waals surface area contributed by atoms with Crippen molar-refractivity contribution in [2.75, 3.05) is 18.5 Å². The van der Waals surface area contributed by atoms with Crippen molar-refractivity contribution in [1.29, 1.82) is 0 Å². The van der Waals surface area contributed by atoms with Gasteiger partial charge >= 0.3 is 0 Å². The van der Waals surface area contributed by atoms with Gasteiger partial charge in [-0.3, -0.25) is 4.79 Å². The van der Waals surface area contributed by atoms with E-state index in [4.69, 9.17) is 16.3 Å². The van der Waals surface area contributed by atoms with E-state index in [0.717, 1.165) is 17.0 Å². The molecule has 0 spiro atoms. The molecule has 0 bridgehead atoms. The van der Waals surface area contributed by atoms with Crippen molar-refractivity contribution in [3.8, 4) is 5.75 Å². The predicted molar refractivity (Wildman–Crippen MR) is 93.3 cm³/mol. The van der Waals surface area contributed by atoms with Gasteiger partial charge < -0.3 is 10.1 Å². The number of rotatable bonds is 7. The number of nitrogens with zero attached hydrogens (tertiary/aromatic N) is 1. The molecule has 0 saturated carbocycles. The van der Waals surface area contributed by atoms with E-state index in [1.807, 2.05) is 31.2 Å². The number of hydrazone groups is 1. The van der Waals surface area contributed by atoms with E-state index in [-0.39, 0.29) is 12.5 Å². The van der Waals surface area contributed by atoms with Crippen molar-refractivity contribution in [2.45, 2.75) is 6.92 Å². The Kier molecular flexibility index (Phi) is 6.44. The number of halogens is 1. The molecule has 0 aromatic heterocycles. The van der Waals surface area contributed by atoms with Crippen LogP contribution in [0.15, 0.2) is 53.6 Å². The molecule has 0 aliphatic rings. The average Bonchev–Trinajstić information content (AvgIpc) is 2.56.